The molecule has 2 aromatic rings. The lowest BCUT2D eigenvalue weighted by atomic mass is 9.78. The van der Waals surface area contributed by atoms with Gasteiger partial charge in [0, 0.05) is 5.92 Å². The zero-order chi connectivity index (χ0) is 26.5. The van der Waals surface area contributed by atoms with Crippen LogP contribution in [-0.4, -0.2) is 37.8 Å². The third-order valence-electron chi connectivity index (χ3n) is 5.31. The Bertz CT molecular complexity index is 1240. The summed E-state index contributed by atoms with van der Waals surface area (Å²) in [6, 6.07) is 12.9. The average molecular weight is 520 g/mol. The monoisotopic (exact) mass is 519 g/mol. The van der Waals surface area contributed by atoms with Gasteiger partial charge in [0.1, 0.15) is 11.7 Å². The predicted molar refractivity (Wildman–Crippen MR) is 125 cm³/mol. The Kier molecular flexibility index (Phi) is 8.26. The summed E-state index contributed by atoms with van der Waals surface area (Å²) >= 11 is 0.757. The molecule has 2 N–H and O–H groups in total. The summed E-state index contributed by atoms with van der Waals surface area (Å²) in [6.07, 6.45) is -4.67. The molecule has 0 bridgehead atoms. The fraction of sp³-hybridized carbons (Fsp3) is 0.250. The molecule has 3 rings (SSSR count). The minimum Gasteiger partial charge on any atom is -0.497 e. The summed E-state index contributed by atoms with van der Waals surface area (Å²) in [6.45, 7) is 0. The number of para-hydroxylation sites is 1. The Balaban J connectivity index is 1.89. The van der Waals surface area contributed by atoms with E-state index in [9.17, 15) is 32.8 Å². The second kappa shape index (κ2) is 11.2. The normalized spacial score (nSPS) is 17.6. The van der Waals surface area contributed by atoms with Crippen molar-refractivity contribution in [2.24, 2.45) is 5.92 Å². The Morgan fingerprint density at radius 3 is 2.39 bits per heavy atom. The molecule has 36 heavy (non-hydrogen) atoms. The zero-order valence-corrected chi connectivity index (χ0v) is 19.8. The van der Waals surface area contributed by atoms with Gasteiger partial charge in [-0.15, -0.1) is 0 Å². The highest BCUT2D eigenvalue weighted by molar-refractivity contribution is 8.03. The van der Waals surface area contributed by atoms with Crippen LogP contribution in [-0.2, 0) is 25.3 Å². The number of methoxy groups -OCH3 is 2. The van der Waals surface area contributed by atoms with Crippen LogP contribution in [0.2, 0.25) is 0 Å². The number of hydrogen-bond donors (Lipinski definition) is 2. The first-order valence-electron chi connectivity index (χ1n) is 10.4. The van der Waals surface area contributed by atoms with Crippen LogP contribution in [0.3, 0.4) is 0 Å². The molecule has 0 spiro atoms. The maximum atomic E-state index is 13.2. The fourth-order valence-corrected chi connectivity index (χ4v) is 4.50. The molecular formula is C24H20F3N3O5S. The van der Waals surface area contributed by atoms with Crippen molar-refractivity contribution in [2.75, 3.05) is 25.3 Å². The van der Waals surface area contributed by atoms with Crippen LogP contribution in [0.4, 0.5) is 18.9 Å². The molecule has 0 aliphatic carbocycles. The molecule has 2 atom stereocenters. The van der Waals surface area contributed by atoms with Gasteiger partial charge in [-0.2, -0.15) is 18.4 Å². The number of alkyl halides is 3. The quantitative estimate of drug-likeness (QED) is 0.422. The number of ether oxygens (including phenoxy) is 2. The third-order valence-corrected chi connectivity index (χ3v) is 6.33. The third kappa shape index (κ3) is 5.80. The molecule has 0 fully saturated rings. The number of thioether (sulfide) groups is 1. The van der Waals surface area contributed by atoms with Crippen LogP contribution >= 0.6 is 11.8 Å². The van der Waals surface area contributed by atoms with Crippen molar-refractivity contribution in [3.8, 4) is 11.8 Å². The maximum absolute atomic E-state index is 13.2. The molecule has 1 aliphatic rings. The minimum atomic E-state index is -4.67. The highest BCUT2D eigenvalue weighted by Gasteiger charge is 2.44. The van der Waals surface area contributed by atoms with Crippen LogP contribution < -0.4 is 15.4 Å². The van der Waals surface area contributed by atoms with Gasteiger partial charge in [0.15, 0.2) is 0 Å². The Morgan fingerprint density at radius 1 is 1.14 bits per heavy atom. The SMILES string of the molecule is COC(=O)[C@@H]1C(=O)NC(SCC(=O)Nc2ccccc2C(F)(F)F)=C(C#N)[C@H]1c1ccc(OC)cc1. The second-order valence-electron chi connectivity index (χ2n) is 7.48. The van der Waals surface area contributed by atoms with E-state index in [1.807, 2.05) is 6.07 Å². The highest BCUT2D eigenvalue weighted by atomic mass is 32.2. The molecule has 0 saturated carbocycles. The molecule has 12 heteroatoms. The standard InChI is InChI=1S/C24H20F3N3O5S/c1-34-14-9-7-13(8-10-14)19-15(11-28)22(30-21(32)20(19)23(33)35-2)36-12-18(31)29-17-6-4-3-5-16(17)24(25,26)27/h3-10,19-20H,12H2,1-2H3,(H,29,31)(H,30,32)/t19-,20+/m1/s1. The predicted octanol–water partition coefficient (Wildman–Crippen LogP) is 3.82. The number of carbonyl (C=O) groups excluding carboxylic acids is 3. The van der Waals surface area contributed by atoms with E-state index >= 15 is 0 Å². The Hall–Kier alpha value is -3.98. The Morgan fingerprint density at radius 2 is 1.81 bits per heavy atom. The summed E-state index contributed by atoms with van der Waals surface area (Å²) in [5.74, 6) is -4.66. The van der Waals surface area contributed by atoms with E-state index in [0.717, 1.165) is 31.0 Å². The number of nitrogens with zero attached hydrogens (tertiary/aromatic N) is 1. The van der Waals surface area contributed by atoms with E-state index in [0.29, 0.717) is 11.3 Å². The summed E-state index contributed by atoms with van der Waals surface area (Å²) in [4.78, 5) is 37.7. The molecule has 1 aliphatic heterocycles. The maximum Gasteiger partial charge on any atom is 0.418 e. The summed E-state index contributed by atoms with van der Waals surface area (Å²) in [7, 11) is 2.58. The number of hydrogen-bond acceptors (Lipinski definition) is 7. The molecular weight excluding hydrogens is 499 g/mol. The topological polar surface area (TPSA) is 118 Å². The smallest absolute Gasteiger partial charge is 0.418 e. The Labute approximate surface area is 208 Å². The number of nitriles is 1. The zero-order valence-electron chi connectivity index (χ0n) is 19.0. The molecule has 8 nitrogen and oxygen atoms in total. The summed E-state index contributed by atoms with van der Waals surface area (Å²) in [5, 5.41) is 14.6. The number of carbonyl (C=O) groups is 3. The highest BCUT2D eigenvalue weighted by Crippen LogP contribution is 2.41. The number of esters is 1. The number of nitrogens with one attached hydrogen (secondary N) is 2. The molecule has 0 aromatic heterocycles. The molecule has 1 heterocycles. The first-order chi connectivity index (χ1) is 17.1. The summed E-state index contributed by atoms with van der Waals surface area (Å²) < 4.78 is 49.5. The number of benzene rings is 2. The molecule has 0 saturated heterocycles. The van der Waals surface area contributed by atoms with Crippen LogP contribution in [0.1, 0.15) is 17.0 Å². The molecule has 0 unspecified atom stereocenters. The van der Waals surface area contributed by atoms with E-state index in [1.165, 1.54) is 19.2 Å². The van der Waals surface area contributed by atoms with Crippen molar-refractivity contribution >= 4 is 35.2 Å². The summed E-state index contributed by atoms with van der Waals surface area (Å²) in [5.41, 5.74) is -0.964. The van der Waals surface area contributed by atoms with Crippen LogP contribution in [0.15, 0.2) is 59.1 Å². The van der Waals surface area contributed by atoms with Crippen molar-refractivity contribution in [3.63, 3.8) is 0 Å². The van der Waals surface area contributed by atoms with E-state index in [1.54, 1.807) is 24.3 Å². The molecule has 0 radical (unpaired) electrons. The van der Waals surface area contributed by atoms with Gasteiger partial charge in [-0.25, -0.2) is 0 Å². The first kappa shape index (κ1) is 26.6. The van der Waals surface area contributed by atoms with E-state index in [-0.39, 0.29) is 10.6 Å². The van der Waals surface area contributed by atoms with Gasteiger partial charge in [0.25, 0.3) is 0 Å². The number of amides is 2. The van der Waals surface area contributed by atoms with Gasteiger partial charge >= 0.3 is 12.1 Å². The van der Waals surface area contributed by atoms with Gasteiger partial charge < -0.3 is 20.1 Å². The van der Waals surface area contributed by atoms with Gasteiger partial charge in [-0.05, 0) is 29.8 Å². The lowest BCUT2D eigenvalue weighted by molar-refractivity contribution is -0.150. The van der Waals surface area contributed by atoms with Gasteiger partial charge in [-0.1, -0.05) is 36.0 Å². The fourth-order valence-electron chi connectivity index (χ4n) is 3.65. The van der Waals surface area contributed by atoms with E-state index < -0.39 is 52.8 Å². The second-order valence-corrected chi connectivity index (χ2v) is 8.46. The van der Waals surface area contributed by atoms with Gasteiger partial charge in [0.2, 0.25) is 11.8 Å². The van der Waals surface area contributed by atoms with Crippen LogP contribution in [0.25, 0.3) is 0 Å². The molecule has 2 amide bonds. The van der Waals surface area contributed by atoms with Crippen molar-refractivity contribution in [1.82, 2.24) is 5.32 Å². The van der Waals surface area contributed by atoms with Crippen molar-refractivity contribution < 1.29 is 37.0 Å². The lowest BCUT2D eigenvalue weighted by Crippen LogP contribution is -2.44. The van der Waals surface area contributed by atoms with E-state index in [2.05, 4.69) is 10.6 Å². The van der Waals surface area contributed by atoms with Crippen LogP contribution in [0, 0.1) is 17.2 Å². The van der Waals surface area contributed by atoms with Gasteiger partial charge in [-0.3, -0.25) is 14.4 Å². The number of halogens is 3. The number of anilines is 1. The first-order valence-corrected chi connectivity index (χ1v) is 11.3. The van der Waals surface area contributed by atoms with Crippen molar-refractivity contribution in [1.29, 1.82) is 5.26 Å². The molecule has 2 aromatic carbocycles. The number of rotatable bonds is 7. The minimum absolute atomic E-state index is 0.00339. The average Bonchev–Trinajstić information content (AvgIpc) is 2.86. The van der Waals surface area contributed by atoms with Crippen molar-refractivity contribution in [2.45, 2.75) is 12.1 Å². The largest absolute Gasteiger partial charge is 0.497 e. The number of allylic oxidation sites excluding steroid dienone is 1. The van der Waals surface area contributed by atoms with Gasteiger partial charge in [0.05, 0.1) is 47.9 Å². The van der Waals surface area contributed by atoms with Crippen molar-refractivity contribution in [3.05, 3.63) is 70.3 Å². The van der Waals surface area contributed by atoms with E-state index in [4.69, 9.17) is 9.47 Å². The lowest BCUT2D eigenvalue weighted by Gasteiger charge is -2.31. The van der Waals surface area contributed by atoms with Crippen LogP contribution in [0.5, 0.6) is 5.75 Å². The molecule has 188 valence electrons.